The zero-order chi connectivity index (χ0) is 23.9. The lowest BCUT2D eigenvalue weighted by Crippen LogP contribution is -2.32. The van der Waals surface area contributed by atoms with Crippen LogP contribution in [0.4, 0.5) is 5.69 Å². The molecule has 170 valence electrons. The molecule has 2 amide bonds. The molecule has 8 heteroatoms. The quantitative estimate of drug-likeness (QED) is 0.262. The second-order valence-electron chi connectivity index (χ2n) is 7.46. The summed E-state index contributed by atoms with van der Waals surface area (Å²) in [5.41, 5.74) is 6.82. The second-order valence-corrected chi connectivity index (χ2v) is 7.46. The lowest BCUT2D eigenvalue weighted by Gasteiger charge is -2.04. The summed E-state index contributed by atoms with van der Waals surface area (Å²) in [7, 11) is 1.61. The lowest BCUT2D eigenvalue weighted by atomic mass is 10.1. The van der Waals surface area contributed by atoms with Crippen LogP contribution in [-0.4, -0.2) is 34.9 Å². The monoisotopic (exact) mass is 453 g/mol. The van der Waals surface area contributed by atoms with Gasteiger partial charge in [0.15, 0.2) is 0 Å². The minimum absolute atomic E-state index is 0.537. The van der Waals surface area contributed by atoms with Gasteiger partial charge in [0, 0.05) is 23.0 Å². The van der Waals surface area contributed by atoms with Crippen molar-refractivity contribution in [2.24, 2.45) is 5.10 Å². The number of amides is 2. The van der Waals surface area contributed by atoms with Gasteiger partial charge in [0.25, 0.3) is 0 Å². The first-order valence-corrected chi connectivity index (χ1v) is 10.5. The molecule has 1 aromatic heterocycles. The highest BCUT2D eigenvalue weighted by Crippen LogP contribution is 2.25. The summed E-state index contributed by atoms with van der Waals surface area (Å²) in [6.45, 7) is 1.90. The molecule has 0 spiro atoms. The predicted octanol–water partition coefficient (Wildman–Crippen LogP) is 3.95. The molecule has 0 aliphatic heterocycles. The van der Waals surface area contributed by atoms with Crippen molar-refractivity contribution in [3.05, 3.63) is 96.2 Å². The Morgan fingerprint density at radius 3 is 2.44 bits per heavy atom. The van der Waals surface area contributed by atoms with Crippen molar-refractivity contribution in [2.45, 2.75) is 6.92 Å². The SMILES string of the molecule is COc1ccc(-c2nn(-c3ccccc3)cc2C=NNC(=O)C(=O)Nc2cccc(C)c2)cc1. The summed E-state index contributed by atoms with van der Waals surface area (Å²) < 4.78 is 6.96. The summed E-state index contributed by atoms with van der Waals surface area (Å²) in [6.07, 6.45) is 3.27. The topological polar surface area (TPSA) is 97.6 Å². The van der Waals surface area contributed by atoms with Gasteiger partial charge in [-0.25, -0.2) is 10.1 Å². The number of hydrazone groups is 1. The fourth-order valence-electron chi connectivity index (χ4n) is 3.29. The average molecular weight is 454 g/mol. The van der Waals surface area contributed by atoms with Gasteiger partial charge in [0.2, 0.25) is 0 Å². The van der Waals surface area contributed by atoms with Gasteiger partial charge in [0.05, 0.1) is 19.0 Å². The first kappa shape index (κ1) is 22.5. The molecule has 1 heterocycles. The zero-order valence-corrected chi connectivity index (χ0v) is 18.7. The van der Waals surface area contributed by atoms with Crippen LogP contribution in [-0.2, 0) is 9.59 Å². The number of hydrogen-bond donors (Lipinski definition) is 2. The van der Waals surface area contributed by atoms with Crippen molar-refractivity contribution in [2.75, 3.05) is 12.4 Å². The number of ether oxygens (including phenoxy) is 1. The molecular weight excluding hydrogens is 430 g/mol. The van der Waals surface area contributed by atoms with Gasteiger partial charge < -0.3 is 10.1 Å². The molecule has 0 aliphatic carbocycles. The third kappa shape index (κ3) is 5.36. The molecule has 8 nitrogen and oxygen atoms in total. The van der Waals surface area contributed by atoms with Crippen LogP contribution in [0.2, 0.25) is 0 Å². The van der Waals surface area contributed by atoms with Crippen molar-refractivity contribution < 1.29 is 14.3 Å². The van der Waals surface area contributed by atoms with Crippen LogP contribution in [0.15, 0.2) is 90.2 Å². The summed E-state index contributed by atoms with van der Waals surface area (Å²) in [4.78, 5) is 24.4. The maximum absolute atomic E-state index is 12.2. The largest absolute Gasteiger partial charge is 0.497 e. The van der Waals surface area contributed by atoms with Gasteiger partial charge in [-0.1, -0.05) is 30.3 Å². The number of methoxy groups -OCH3 is 1. The van der Waals surface area contributed by atoms with Crippen LogP contribution < -0.4 is 15.5 Å². The Kier molecular flexibility index (Phi) is 6.78. The molecule has 0 unspecified atom stereocenters. The molecule has 0 bridgehead atoms. The Bertz CT molecular complexity index is 1330. The normalized spacial score (nSPS) is 10.8. The standard InChI is InChI=1S/C26H23N5O3/c1-18-7-6-8-21(15-18)28-25(32)26(33)29-27-16-20-17-31(22-9-4-3-5-10-22)30-24(20)19-11-13-23(34-2)14-12-19/h3-17H,1-2H3,(H,28,32)(H,29,33). The number of nitrogens with zero attached hydrogens (tertiary/aromatic N) is 3. The molecule has 0 radical (unpaired) electrons. The minimum atomic E-state index is -0.876. The summed E-state index contributed by atoms with van der Waals surface area (Å²) in [5.74, 6) is -0.953. The molecule has 34 heavy (non-hydrogen) atoms. The molecule has 4 rings (SSSR count). The number of anilines is 1. The number of hydrogen-bond acceptors (Lipinski definition) is 5. The molecule has 0 aliphatic rings. The number of benzene rings is 3. The number of nitrogens with one attached hydrogen (secondary N) is 2. The molecule has 3 aromatic carbocycles. The van der Waals surface area contributed by atoms with Crippen LogP contribution in [0.25, 0.3) is 16.9 Å². The van der Waals surface area contributed by atoms with E-state index in [2.05, 4.69) is 15.8 Å². The molecular formula is C26H23N5O3. The summed E-state index contributed by atoms with van der Waals surface area (Å²) in [6, 6.07) is 24.3. The Labute approximate surface area is 196 Å². The van der Waals surface area contributed by atoms with Crippen molar-refractivity contribution in [1.82, 2.24) is 15.2 Å². The first-order chi connectivity index (χ1) is 16.5. The van der Waals surface area contributed by atoms with Crippen molar-refractivity contribution in [3.63, 3.8) is 0 Å². The van der Waals surface area contributed by atoms with Gasteiger partial charge in [0.1, 0.15) is 11.4 Å². The molecule has 0 atom stereocenters. The zero-order valence-electron chi connectivity index (χ0n) is 18.7. The molecule has 0 saturated heterocycles. The van der Waals surface area contributed by atoms with E-state index >= 15 is 0 Å². The Morgan fingerprint density at radius 1 is 0.971 bits per heavy atom. The maximum atomic E-state index is 12.2. The van der Waals surface area contributed by atoms with Crippen molar-refractivity contribution in [1.29, 1.82) is 0 Å². The number of carbonyl (C=O) groups excluding carboxylic acids is 2. The van der Waals surface area contributed by atoms with E-state index in [9.17, 15) is 9.59 Å². The fourth-order valence-corrected chi connectivity index (χ4v) is 3.29. The fraction of sp³-hybridized carbons (Fsp3) is 0.0769. The van der Waals surface area contributed by atoms with Crippen LogP contribution in [0.5, 0.6) is 5.75 Å². The highest BCUT2D eigenvalue weighted by atomic mass is 16.5. The Balaban J connectivity index is 1.54. The highest BCUT2D eigenvalue weighted by molar-refractivity contribution is 6.39. The summed E-state index contributed by atoms with van der Waals surface area (Å²) >= 11 is 0. The third-order valence-electron chi connectivity index (χ3n) is 4.98. The van der Waals surface area contributed by atoms with E-state index in [0.29, 0.717) is 16.9 Å². The van der Waals surface area contributed by atoms with E-state index in [4.69, 9.17) is 9.84 Å². The smallest absolute Gasteiger partial charge is 0.329 e. The lowest BCUT2D eigenvalue weighted by molar-refractivity contribution is -0.136. The van der Waals surface area contributed by atoms with Gasteiger partial charge in [-0.2, -0.15) is 10.2 Å². The Hall–Kier alpha value is -4.72. The van der Waals surface area contributed by atoms with Gasteiger partial charge in [-0.05, 0) is 61.0 Å². The van der Waals surface area contributed by atoms with E-state index in [-0.39, 0.29) is 0 Å². The number of para-hydroxylation sites is 1. The maximum Gasteiger partial charge on any atom is 0.329 e. The Morgan fingerprint density at radius 2 is 1.74 bits per heavy atom. The van der Waals surface area contributed by atoms with Gasteiger partial charge >= 0.3 is 11.8 Å². The average Bonchev–Trinajstić information content (AvgIpc) is 3.28. The number of carbonyl (C=O) groups is 2. The second kappa shape index (κ2) is 10.3. The first-order valence-electron chi connectivity index (χ1n) is 10.5. The van der Waals surface area contributed by atoms with E-state index in [1.807, 2.05) is 67.6 Å². The number of aromatic nitrogens is 2. The van der Waals surface area contributed by atoms with Gasteiger partial charge in [-0.15, -0.1) is 0 Å². The van der Waals surface area contributed by atoms with Gasteiger partial charge in [-0.3, -0.25) is 9.59 Å². The van der Waals surface area contributed by atoms with Crippen LogP contribution in [0, 0.1) is 6.92 Å². The molecule has 2 N–H and O–H groups in total. The summed E-state index contributed by atoms with van der Waals surface area (Å²) in [5, 5.41) is 11.2. The van der Waals surface area contributed by atoms with Crippen LogP contribution >= 0.6 is 0 Å². The van der Waals surface area contributed by atoms with E-state index in [1.54, 1.807) is 36.2 Å². The van der Waals surface area contributed by atoms with E-state index in [0.717, 1.165) is 22.6 Å². The van der Waals surface area contributed by atoms with Crippen LogP contribution in [0.3, 0.4) is 0 Å². The molecule has 0 fully saturated rings. The number of rotatable bonds is 6. The predicted molar refractivity (Wildman–Crippen MR) is 131 cm³/mol. The molecule has 0 saturated carbocycles. The number of aryl methyl sites for hydroxylation is 1. The van der Waals surface area contributed by atoms with Crippen molar-refractivity contribution >= 4 is 23.7 Å². The van der Waals surface area contributed by atoms with E-state index in [1.165, 1.54) is 6.21 Å². The highest BCUT2D eigenvalue weighted by Gasteiger charge is 2.14. The van der Waals surface area contributed by atoms with Crippen LogP contribution in [0.1, 0.15) is 11.1 Å². The third-order valence-corrected chi connectivity index (χ3v) is 4.98. The van der Waals surface area contributed by atoms with E-state index < -0.39 is 11.8 Å². The molecule has 4 aromatic rings. The minimum Gasteiger partial charge on any atom is -0.497 e. The van der Waals surface area contributed by atoms with Crippen molar-refractivity contribution in [3.8, 4) is 22.7 Å².